The topological polar surface area (TPSA) is 70.6 Å². The van der Waals surface area contributed by atoms with Crippen LogP contribution in [0.3, 0.4) is 0 Å². The van der Waals surface area contributed by atoms with Crippen LogP contribution in [-0.4, -0.2) is 53.4 Å². The van der Waals surface area contributed by atoms with E-state index in [1.165, 1.54) is 0 Å². The van der Waals surface area contributed by atoms with E-state index in [0.29, 0.717) is 26.2 Å². The van der Waals surface area contributed by atoms with Crippen LogP contribution in [0.4, 0.5) is 0 Å². The van der Waals surface area contributed by atoms with E-state index in [4.69, 9.17) is 0 Å². The van der Waals surface area contributed by atoms with Gasteiger partial charge in [0.05, 0.1) is 11.2 Å². The molecule has 2 saturated heterocycles. The largest absolute Gasteiger partial charge is 0.338 e. The molecular weight excluding hydrogens is 314 g/mol. The lowest BCUT2D eigenvalue weighted by molar-refractivity contribution is -0.140. The first-order valence-electron chi connectivity index (χ1n) is 8.22. The predicted molar refractivity (Wildman–Crippen MR) is 84.8 cm³/mol. The fraction of sp³-hybridized carbons (Fsp3) is 0.625. The molecule has 0 unspecified atom stereocenters. The zero-order valence-corrected chi connectivity index (χ0v) is 13.8. The Bertz CT molecular complexity index is 703. The van der Waals surface area contributed by atoms with E-state index in [-0.39, 0.29) is 23.0 Å². The van der Waals surface area contributed by atoms with Gasteiger partial charge in [0.1, 0.15) is 0 Å². The molecule has 1 aliphatic carbocycles. The fourth-order valence-corrected chi connectivity index (χ4v) is 5.64. The first kappa shape index (κ1) is 15.1. The molecule has 1 saturated carbocycles. The second kappa shape index (κ2) is 5.56. The van der Waals surface area contributed by atoms with Gasteiger partial charge in [-0.05, 0) is 36.8 Å². The van der Waals surface area contributed by atoms with Gasteiger partial charge in [-0.1, -0.05) is 6.07 Å². The van der Waals surface area contributed by atoms with Gasteiger partial charge >= 0.3 is 0 Å². The number of aromatic nitrogens is 1. The van der Waals surface area contributed by atoms with Gasteiger partial charge in [-0.2, -0.15) is 0 Å². The molecule has 3 heterocycles. The van der Waals surface area contributed by atoms with Crippen LogP contribution < -0.4 is 0 Å². The number of carbonyl (C=O) groups excluding carboxylic acids is 1. The SMILES string of the molecule is O=C1[C@H]2CN(S(=O)(=O)C3CC3)C[C@@H]2CCN1Cc1cccnc1. The summed E-state index contributed by atoms with van der Waals surface area (Å²) < 4.78 is 26.4. The molecule has 1 aromatic rings. The molecule has 0 radical (unpaired) electrons. The second-order valence-electron chi connectivity index (χ2n) is 6.84. The molecule has 23 heavy (non-hydrogen) atoms. The molecule has 3 fully saturated rings. The molecule has 2 aliphatic heterocycles. The molecule has 0 bridgehead atoms. The third kappa shape index (κ3) is 2.76. The summed E-state index contributed by atoms with van der Waals surface area (Å²) in [6.07, 6.45) is 5.92. The molecule has 124 valence electrons. The number of sulfonamides is 1. The molecular formula is C16H21N3O3S. The standard InChI is InChI=1S/C16H21N3O3S/c20-16-15-11-19(23(21,22)14-3-4-14)10-13(15)5-7-18(16)9-12-2-1-6-17-8-12/h1-2,6,8,13-15H,3-5,7,9-11H2/t13-,15-/m0/s1. The van der Waals surface area contributed by atoms with Crippen LogP contribution in [0.2, 0.25) is 0 Å². The number of rotatable bonds is 4. The zero-order chi connectivity index (χ0) is 16.0. The molecule has 0 aromatic carbocycles. The Kier molecular flexibility index (Phi) is 3.65. The van der Waals surface area contributed by atoms with Crippen LogP contribution in [0.25, 0.3) is 0 Å². The number of amides is 1. The normalized spacial score (nSPS) is 28.9. The Hall–Kier alpha value is -1.47. The first-order valence-corrected chi connectivity index (χ1v) is 9.72. The Morgan fingerprint density at radius 2 is 2.04 bits per heavy atom. The summed E-state index contributed by atoms with van der Waals surface area (Å²) in [6.45, 7) is 2.15. The third-order valence-corrected chi connectivity index (χ3v) is 7.54. The van der Waals surface area contributed by atoms with E-state index in [9.17, 15) is 13.2 Å². The highest BCUT2D eigenvalue weighted by Gasteiger charge is 2.49. The van der Waals surface area contributed by atoms with Crippen molar-refractivity contribution in [2.75, 3.05) is 19.6 Å². The number of carbonyl (C=O) groups is 1. The van der Waals surface area contributed by atoms with Crippen molar-refractivity contribution in [3.63, 3.8) is 0 Å². The molecule has 1 aromatic heterocycles. The minimum absolute atomic E-state index is 0.0959. The maximum Gasteiger partial charge on any atom is 0.227 e. The Morgan fingerprint density at radius 1 is 1.22 bits per heavy atom. The van der Waals surface area contributed by atoms with Crippen molar-refractivity contribution in [1.29, 1.82) is 0 Å². The molecule has 6 nitrogen and oxygen atoms in total. The van der Waals surface area contributed by atoms with Crippen molar-refractivity contribution >= 4 is 15.9 Å². The minimum atomic E-state index is -3.17. The Balaban J connectivity index is 1.46. The van der Waals surface area contributed by atoms with E-state index in [1.54, 1.807) is 16.7 Å². The number of likely N-dealkylation sites (tertiary alicyclic amines) is 1. The lowest BCUT2D eigenvalue weighted by Gasteiger charge is -2.33. The number of fused-ring (bicyclic) bond motifs is 1. The summed E-state index contributed by atoms with van der Waals surface area (Å²) in [4.78, 5) is 18.7. The summed E-state index contributed by atoms with van der Waals surface area (Å²) in [5.41, 5.74) is 1.01. The second-order valence-corrected chi connectivity index (χ2v) is 9.05. The molecule has 7 heteroatoms. The Labute approximate surface area is 136 Å². The van der Waals surface area contributed by atoms with Gasteiger partial charge in [0.25, 0.3) is 0 Å². The molecule has 2 atom stereocenters. The van der Waals surface area contributed by atoms with Crippen molar-refractivity contribution < 1.29 is 13.2 Å². The average Bonchev–Trinajstić information content (AvgIpc) is 3.31. The van der Waals surface area contributed by atoms with Crippen LogP contribution in [0, 0.1) is 11.8 Å². The van der Waals surface area contributed by atoms with Crippen LogP contribution in [0.1, 0.15) is 24.8 Å². The van der Waals surface area contributed by atoms with Gasteiger partial charge in [-0.15, -0.1) is 0 Å². The average molecular weight is 335 g/mol. The molecule has 1 amide bonds. The van der Waals surface area contributed by atoms with E-state index < -0.39 is 10.0 Å². The van der Waals surface area contributed by atoms with Gasteiger partial charge in [-0.3, -0.25) is 9.78 Å². The van der Waals surface area contributed by atoms with Crippen LogP contribution >= 0.6 is 0 Å². The van der Waals surface area contributed by atoms with Crippen molar-refractivity contribution in [3.8, 4) is 0 Å². The van der Waals surface area contributed by atoms with Crippen molar-refractivity contribution in [3.05, 3.63) is 30.1 Å². The van der Waals surface area contributed by atoms with Gasteiger partial charge in [-0.25, -0.2) is 12.7 Å². The number of hydrogen-bond acceptors (Lipinski definition) is 4. The number of nitrogens with zero attached hydrogens (tertiary/aromatic N) is 3. The van der Waals surface area contributed by atoms with Crippen LogP contribution in [-0.2, 0) is 21.4 Å². The smallest absolute Gasteiger partial charge is 0.227 e. The highest BCUT2D eigenvalue weighted by molar-refractivity contribution is 7.90. The quantitative estimate of drug-likeness (QED) is 0.818. The van der Waals surface area contributed by atoms with E-state index in [2.05, 4.69) is 4.98 Å². The maximum absolute atomic E-state index is 12.8. The molecule has 0 N–H and O–H groups in total. The minimum Gasteiger partial charge on any atom is -0.338 e. The summed E-state index contributed by atoms with van der Waals surface area (Å²) in [5.74, 6) is 0.105. The summed E-state index contributed by atoms with van der Waals surface area (Å²) >= 11 is 0. The fourth-order valence-electron chi connectivity index (χ4n) is 3.72. The van der Waals surface area contributed by atoms with Crippen molar-refractivity contribution in [1.82, 2.24) is 14.2 Å². The number of piperidine rings is 1. The maximum atomic E-state index is 12.8. The third-order valence-electron chi connectivity index (χ3n) is 5.21. The number of pyridine rings is 1. The highest BCUT2D eigenvalue weighted by atomic mass is 32.2. The molecule has 4 rings (SSSR count). The van der Waals surface area contributed by atoms with Crippen molar-refractivity contribution in [2.45, 2.75) is 31.1 Å². The first-order chi connectivity index (χ1) is 11.1. The zero-order valence-electron chi connectivity index (χ0n) is 13.0. The summed E-state index contributed by atoms with van der Waals surface area (Å²) in [7, 11) is -3.17. The molecule has 0 spiro atoms. The Morgan fingerprint density at radius 3 is 2.74 bits per heavy atom. The van der Waals surface area contributed by atoms with Crippen LogP contribution in [0.15, 0.2) is 24.5 Å². The van der Waals surface area contributed by atoms with Crippen molar-refractivity contribution in [2.24, 2.45) is 11.8 Å². The van der Waals surface area contributed by atoms with Gasteiger partial charge in [0, 0.05) is 38.6 Å². The molecule has 3 aliphatic rings. The lowest BCUT2D eigenvalue weighted by Crippen LogP contribution is -2.44. The van der Waals surface area contributed by atoms with Gasteiger partial charge in [0.2, 0.25) is 15.9 Å². The monoisotopic (exact) mass is 335 g/mol. The van der Waals surface area contributed by atoms with Gasteiger partial charge in [0.15, 0.2) is 0 Å². The van der Waals surface area contributed by atoms with E-state index in [0.717, 1.165) is 24.8 Å². The summed E-state index contributed by atoms with van der Waals surface area (Å²) in [5, 5.41) is -0.191. The number of hydrogen-bond donors (Lipinski definition) is 0. The lowest BCUT2D eigenvalue weighted by atomic mass is 9.88. The highest BCUT2D eigenvalue weighted by Crippen LogP contribution is 2.38. The van der Waals surface area contributed by atoms with E-state index >= 15 is 0 Å². The van der Waals surface area contributed by atoms with Crippen LogP contribution in [0.5, 0.6) is 0 Å². The predicted octanol–water partition coefficient (Wildman–Crippen LogP) is 0.854. The van der Waals surface area contributed by atoms with Gasteiger partial charge < -0.3 is 4.90 Å². The van der Waals surface area contributed by atoms with E-state index in [1.807, 2.05) is 17.0 Å². The summed E-state index contributed by atoms with van der Waals surface area (Å²) in [6, 6.07) is 3.83.